The number of nitrogens with zero attached hydrogens (tertiary/aromatic N) is 2. The summed E-state index contributed by atoms with van der Waals surface area (Å²) in [6, 6.07) is 6.94. The highest BCUT2D eigenvalue weighted by Gasteiger charge is 2.25. The van der Waals surface area contributed by atoms with E-state index in [1.807, 2.05) is 0 Å². The van der Waals surface area contributed by atoms with E-state index in [9.17, 15) is 9.59 Å². The number of carbonyl (C=O) groups is 2. The third-order valence-electron chi connectivity index (χ3n) is 4.55. The second kappa shape index (κ2) is 7.95. The predicted molar refractivity (Wildman–Crippen MR) is 96.8 cm³/mol. The normalized spacial score (nSPS) is 14.7. The molecule has 1 saturated heterocycles. The molecule has 0 spiro atoms. The molecule has 0 atom stereocenters. The smallest absolute Gasteiger partial charge is 0.257 e. The molecule has 1 aromatic carbocycles. The number of benzene rings is 1. The Morgan fingerprint density at radius 1 is 0.962 bits per heavy atom. The minimum Gasteiger partial charge on any atom is -0.497 e. The maximum atomic E-state index is 13.0. The molecule has 0 radical (unpaired) electrons. The highest BCUT2D eigenvalue weighted by Crippen LogP contribution is 2.25. The van der Waals surface area contributed by atoms with Crippen molar-refractivity contribution in [1.82, 2.24) is 14.8 Å². The molecule has 0 saturated carbocycles. The molecule has 3 rings (SSSR count). The summed E-state index contributed by atoms with van der Waals surface area (Å²) in [7, 11) is 3.10. The second-order valence-electron chi connectivity index (χ2n) is 6.10. The van der Waals surface area contributed by atoms with Crippen LogP contribution in [0.1, 0.15) is 27.1 Å². The van der Waals surface area contributed by atoms with Crippen molar-refractivity contribution in [3.8, 4) is 11.5 Å². The van der Waals surface area contributed by atoms with Crippen LogP contribution in [0.2, 0.25) is 0 Å². The molecule has 2 aromatic rings. The van der Waals surface area contributed by atoms with Crippen LogP contribution < -0.4 is 9.47 Å². The van der Waals surface area contributed by atoms with E-state index < -0.39 is 0 Å². The molecular formula is C19H23N3O4. The number of aromatic amines is 1. The first kappa shape index (κ1) is 17.8. The van der Waals surface area contributed by atoms with Crippen molar-refractivity contribution in [1.29, 1.82) is 0 Å². The summed E-state index contributed by atoms with van der Waals surface area (Å²) >= 11 is 0. The van der Waals surface area contributed by atoms with Gasteiger partial charge in [0.15, 0.2) is 0 Å². The summed E-state index contributed by atoms with van der Waals surface area (Å²) in [6.07, 6.45) is 4.15. The largest absolute Gasteiger partial charge is 0.497 e. The average molecular weight is 357 g/mol. The Balaban J connectivity index is 1.73. The SMILES string of the molecule is COc1ccc(OC)c(C(=O)N2CCCN(C(=O)c3cc[nH]c3)CC2)c1. The van der Waals surface area contributed by atoms with Gasteiger partial charge >= 0.3 is 0 Å². The third kappa shape index (κ3) is 3.66. The molecule has 7 nitrogen and oxygen atoms in total. The average Bonchev–Trinajstić information content (AvgIpc) is 3.11. The van der Waals surface area contributed by atoms with Gasteiger partial charge in [-0.25, -0.2) is 0 Å². The van der Waals surface area contributed by atoms with Gasteiger partial charge in [-0.3, -0.25) is 9.59 Å². The first-order chi connectivity index (χ1) is 12.6. The van der Waals surface area contributed by atoms with E-state index in [0.717, 1.165) is 6.42 Å². The topological polar surface area (TPSA) is 74.9 Å². The summed E-state index contributed by atoms with van der Waals surface area (Å²) in [5, 5.41) is 0. The van der Waals surface area contributed by atoms with Gasteiger partial charge < -0.3 is 24.3 Å². The van der Waals surface area contributed by atoms with Crippen molar-refractivity contribution in [2.75, 3.05) is 40.4 Å². The second-order valence-corrected chi connectivity index (χ2v) is 6.10. The van der Waals surface area contributed by atoms with Gasteiger partial charge in [0.1, 0.15) is 11.5 Å². The number of rotatable bonds is 4. The van der Waals surface area contributed by atoms with Crippen LogP contribution in [0.15, 0.2) is 36.7 Å². The maximum Gasteiger partial charge on any atom is 0.257 e. The number of hydrogen-bond acceptors (Lipinski definition) is 4. The van der Waals surface area contributed by atoms with Crippen LogP contribution in [0.5, 0.6) is 11.5 Å². The van der Waals surface area contributed by atoms with E-state index in [1.54, 1.807) is 53.6 Å². The minimum atomic E-state index is -0.114. The molecule has 26 heavy (non-hydrogen) atoms. The van der Waals surface area contributed by atoms with Crippen molar-refractivity contribution in [3.63, 3.8) is 0 Å². The van der Waals surface area contributed by atoms with Crippen LogP contribution in [0.25, 0.3) is 0 Å². The number of methoxy groups -OCH3 is 2. The molecule has 7 heteroatoms. The number of amides is 2. The van der Waals surface area contributed by atoms with Gasteiger partial charge in [-0.05, 0) is 30.7 Å². The van der Waals surface area contributed by atoms with E-state index in [0.29, 0.717) is 48.8 Å². The van der Waals surface area contributed by atoms with Crippen LogP contribution in [-0.2, 0) is 0 Å². The van der Waals surface area contributed by atoms with Crippen molar-refractivity contribution >= 4 is 11.8 Å². The fourth-order valence-corrected chi connectivity index (χ4v) is 3.11. The van der Waals surface area contributed by atoms with Gasteiger partial charge in [-0.1, -0.05) is 0 Å². The van der Waals surface area contributed by atoms with E-state index in [2.05, 4.69) is 4.98 Å². The molecule has 138 valence electrons. The van der Waals surface area contributed by atoms with Gasteiger partial charge in [0.05, 0.1) is 25.3 Å². The maximum absolute atomic E-state index is 13.0. The lowest BCUT2D eigenvalue weighted by atomic mass is 10.1. The summed E-state index contributed by atoms with van der Waals surface area (Å²) in [4.78, 5) is 32.0. The monoisotopic (exact) mass is 357 g/mol. The Hall–Kier alpha value is -2.96. The Labute approximate surface area is 152 Å². The van der Waals surface area contributed by atoms with Gasteiger partial charge in [0.2, 0.25) is 0 Å². The van der Waals surface area contributed by atoms with Crippen LogP contribution in [0.4, 0.5) is 0 Å². The highest BCUT2D eigenvalue weighted by atomic mass is 16.5. The van der Waals surface area contributed by atoms with Crippen molar-refractivity contribution in [2.24, 2.45) is 0 Å². The summed E-state index contributed by atoms with van der Waals surface area (Å²) in [5.41, 5.74) is 1.11. The van der Waals surface area contributed by atoms with E-state index in [4.69, 9.17) is 9.47 Å². The number of carbonyl (C=O) groups excluding carboxylic acids is 2. The number of hydrogen-bond donors (Lipinski definition) is 1. The minimum absolute atomic E-state index is 0.0143. The molecule has 1 aliphatic heterocycles. The van der Waals surface area contributed by atoms with Crippen LogP contribution in [-0.4, -0.2) is 67.0 Å². The Kier molecular flexibility index (Phi) is 5.46. The zero-order chi connectivity index (χ0) is 18.5. The first-order valence-corrected chi connectivity index (χ1v) is 8.57. The number of nitrogens with one attached hydrogen (secondary N) is 1. The molecule has 1 fully saturated rings. The number of H-pyrrole nitrogens is 1. The number of ether oxygens (including phenoxy) is 2. The summed E-state index contributed by atoms with van der Waals surface area (Å²) < 4.78 is 10.5. The first-order valence-electron chi connectivity index (χ1n) is 8.57. The van der Waals surface area contributed by atoms with E-state index in [1.165, 1.54) is 7.11 Å². The van der Waals surface area contributed by atoms with Crippen LogP contribution in [0.3, 0.4) is 0 Å². The molecule has 0 aliphatic carbocycles. The Morgan fingerprint density at radius 3 is 2.31 bits per heavy atom. The lowest BCUT2D eigenvalue weighted by Gasteiger charge is -2.23. The predicted octanol–water partition coefficient (Wildman–Crippen LogP) is 2.02. The standard InChI is InChI=1S/C19H23N3O4/c1-25-15-4-5-17(26-2)16(12-15)19(24)22-9-3-8-21(10-11-22)18(23)14-6-7-20-13-14/h4-7,12-13,20H,3,8-11H2,1-2H3. The molecule has 2 heterocycles. The lowest BCUT2D eigenvalue weighted by molar-refractivity contribution is 0.0717. The lowest BCUT2D eigenvalue weighted by Crippen LogP contribution is -2.37. The Bertz CT molecular complexity index is 773. The van der Waals surface area contributed by atoms with Gasteiger partial charge in [-0.15, -0.1) is 0 Å². The van der Waals surface area contributed by atoms with Crippen molar-refractivity contribution in [2.45, 2.75) is 6.42 Å². The molecular weight excluding hydrogens is 334 g/mol. The zero-order valence-corrected chi connectivity index (χ0v) is 15.0. The molecule has 0 unspecified atom stereocenters. The fourth-order valence-electron chi connectivity index (χ4n) is 3.11. The van der Waals surface area contributed by atoms with E-state index >= 15 is 0 Å². The highest BCUT2D eigenvalue weighted by molar-refractivity contribution is 5.97. The third-order valence-corrected chi connectivity index (χ3v) is 4.55. The molecule has 1 N–H and O–H groups in total. The quantitative estimate of drug-likeness (QED) is 0.908. The summed E-state index contributed by atoms with van der Waals surface area (Å²) in [6.45, 7) is 2.20. The molecule has 1 aliphatic rings. The molecule has 1 aromatic heterocycles. The van der Waals surface area contributed by atoms with Crippen molar-refractivity contribution in [3.05, 3.63) is 47.8 Å². The molecule has 2 amide bonds. The van der Waals surface area contributed by atoms with Crippen LogP contribution in [0, 0.1) is 0 Å². The van der Waals surface area contributed by atoms with E-state index in [-0.39, 0.29) is 11.8 Å². The fraction of sp³-hybridized carbons (Fsp3) is 0.368. The summed E-state index contributed by atoms with van der Waals surface area (Å²) in [5.74, 6) is 0.990. The van der Waals surface area contributed by atoms with Crippen molar-refractivity contribution < 1.29 is 19.1 Å². The molecule has 0 bridgehead atoms. The van der Waals surface area contributed by atoms with Crippen LogP contribution >= 0.6 is 0 Å². The Morgan fingerprint density at radius 2 is 1.69 bits per heavy atom. The van der Waals surface area contributed by atoms with Gasteiger partial charge in [-0.2, -0.15) is 0 Å². The number of aromatic nitrogens is 1. The zero-order valence-electron chi connectivity index (χ0n) is 15.0. The van der Waals surface area contributed by atoms with Gasteiger partial charge in [0, 0.05) is 38.6 Å². The van der Waals surface area contributed by atoms with Gasteiger partial charge in [0.25, 0.3) is 11.8 Å².